The van der Waals surface area contributed by atoms with E-state index in [9.17, 15) is 17.0 Å². The number of anilines is 1. The molecular weight excluding hydrogens is 291 g/mol. The molecular formula is C11H17FN2O3S2. The Morgan fingerprint density at radius 1 is 1.42 bits per heavy atom. The second-order valence-electron chi connectivity index (χ2n) is 4.15. The van der Waals surface area contributed by atoms with Gasteiger partial charge in [-0.15, -0.1) is 0 Å². The SMILES string of the molecule is Cc1c(N)cc(S(=O)(=O)NCCCS(C)=O)cc1F. The topological polar surface area (TPSA) is 89.3 Å². The molecule has 0 fully saturated rings. The molecule has 1 rings (SSSR count). The molecule has 1 unspecified atom stereocenters. The third-order valence-electron chi connectivity index (χ3n) is 2.57. The molecule has 0 heterocycles. The number of rotatable bonds is 6. The van der Waals surface area contributed by atoms with Crippen molar-refractivity contribution in [3.63, 3.8) is 0 Å². The van der Waals surface area contributed by atoms with Gasteiger partial charge in [-0.25, -0.2) is 17.5 Å². The third kappa shape index (κ3) is 4.55. The van der Waals surface area contributed by atoms with E-state index in [1.54, 1.807) is 6.26 Å². The Morgan fingerprint density at radius 3 is 2.58 bits per heavy atom. The summed E-state index contributed by atoms with van der Waals surface area (Å²) in [6.07, 6.45) is 2.00. The maximum atomic E-state index is 13.5. The smallest absolute Gasteiger partial charge is 0.240 e. The molecule has 1 aromatic rings. The Balaban J connectivity index is 2.80. The molecule has 5 nitrogen and oxygen atoms in total. The van der Waals surface area contributed by atoms with E-state index in [0.717, 1.165) is 6.07 Å². The number of benzene rings is 1. The van der Waals surface area contributed by atoms with Crippen LogP contribution in [0, 0.1) is 12.7 Å². The van der Waals surface area contributed by atoms with Gasteiger partial charge in [0.15, 0.2) is 0 Å². The predicted octanol–water partition coefficient (Wildman–Crippen LogP) is 0.763. The maximum absolute atomic E-state index is 13.5. The van der Waals surface area contributed by atoms with Gasteiger partial charge in [0, 0.05) is 40.6 Å². The fourth-order valence-corrected chi connectivity index (χ4v) is 3.07. The molecule has 0 aliphatic heterocycles. The molecule has 0 aliphatic rings. The molecule has 3 N–H and O–H groups in total. The highest BCUT2D eigenvalue weighted by Gasteiger charge is 2.16. The van der Waals surface area contributed by atoms with Crippen LogP contribution < -0.4 is 10.5 Å². The van der Waals surface area contributed by atoms with Crippen molar-refractivity contribution in [2.45, 2.75) is 18.2 Å². The first kappa shape index (κ1) is 16.1. The minimum absolute atomic E-state index is 0.0926. The van der Waals surface area contributed by atoms with E-state index in [1.807, 2.05) is 0 Å². The molecule has 0 spiro atoms. The molecule has 0 aliphatic carbocycles. The van der Waals surface area contributed by atoms with Gasteiger partial charge in [0.25, 0.3) is 0 Å². The second-order valence-corrected chi connectivity index (χ2v) is 7.47. The van der Waals surface area contributed by atoms with Crippen molar-refractivity contribution in [3.8, 4) is 0 Å². The summed E-state index contributed by atoms with van der Waals surface area (Å²) in [5.74, 6) is -0.248. The van der Waals surface area contributed by atoms with E-state index in [0.29, 0.717) is 12.2 Å². The van der Waals surface area contributed by atoms with Crippen LogP contribution in [-0.2, 0) is 20.8 Å². The van der Waals surface area contributed by atoms with E-state index >= 15 is 0 Å². The molecule has 0 saturated heterocycles. The molecule has 19 heavy (non-hydrogen) atoms. The highest BCUT2D eigenvalue weighted by atomic mass is 32.2. The highest BCUT2D eigenvalue weighted by molar-refractivity contribution is 7.89. The minimum Gasteiger partial charge on any atom is -0.398 e. The molecule has 0 bridgehead atoms. The number of hydrogen-bond donors (Lipinski definition) is 2. The zero-order valence-electron chi connectivity index (χ0n) is 10.8. The molecule has 1 aromatic carbocycles. The standard InChI is InChI=1S/C11H17FN2O3S2/c1-8-10(12)6-9(7-11(8)13)19(16,17)14-4-3-5-18(2)15/h6-7,14H,3-5,13H2,1-2H3. The van der Waals surface area contributed by atoms with Gasteiger partial charge in [0.05, 0.1) is 4.90 Å². The molecule has 0 amide bonds. The number of halogens is 1. The van der Waals surface area contributed by atoms with Gasteiger partial charge >= 0.3 is 0 Å². The summed E-state index contributed by atoms with van der Waals surface area (Å²) in [5.41, 5.74) is 5.86. The van der Waals surface area contributed by atoms with E-state index in [2.05, 4.69) is 4.72 Å². The van der Waals surface area contributed by atoms with Crippen LogP contribution in [0.4, 0.5) is 10.1 Å². The average molecular weight is 308 g/mol. The fourth-order valence-electron chi connectivity index (χ4n) is 1.39. The summed E-state index contributed by atoms with van der Waals surface area (Å²) in [4.78, 5) is -0.203. The first-order valence-corrected chi connectivity index (χ1v) is 8.80. The van der Waals surface area contributed by atoms with Gasteiger partial charge < -0.3 is 5.73 Å². The molecule has 1 atom stereocenters. The molecule has 0 saturated carbocycles. The van der Waals surface area contributed by atoms with Gasteiger partial charge in [-0.05, 0) is 25.5 Å². The van der Waals surface area contributed by atoms with Crippen molar-refractivity contribution in [2.75, 3.05) is 24.3 Å². The summed E-state index contributed by atoms with van der Waals surface area (Å²) in [6, 6.07) is 2.16. The summed E-state index contributed by atoms with van der Waals surface area (Å²) in [6.45, 7) is 1.63. The maximum Gasteiger partial charge on any atom is 0.240 e. The van der Waals surface area contributed by atoms with Gasteiger partial charge in [-0.1, -0.05) is 0 Å². The summed E-state index contributed by atoms with van der Waals surface area (Å²) in [5, 5.41) is 0. The van der Waals surface area contributed by atoms with Crippen LogP contribution in [0.3, 0.4) is 0 Å². The van der Waals surface area contributed by atoms with Crippen LogP contribution in [0.5, 0.6) is 0 Å². The Labute approximate surface area is 114 Å². The number of nitrogen functional groups attached to an aromatic ring is 1. The largest absolute Gasteiger partial charge is 0.398 e. The minimum atomic E-state index is -3.79. The van der Waals surface area contributed by atoms with Crippen molar-refractivity contribution < 1.29 is 17.0 Å². The molecule has 0 radical (unpaired) electrons. The zero-order chi connectivity index (χ0) is 14.6. The Hall–Kier alpha value is -0.990. The van der Waals surface area contributed by atoms with Crippen molar-refractivity contribution in [2.24, 2.45) is 0 Å². The van der Waals surface area contributed by atoms with Crippen molar-refractivity contribution in [3.05, 3.63) is 23.5 Å². The number of nitrogens with one attached hydrogen (secondary N) is 1. The normalized spacial score (nSPS) is 13.4. The Kier molecular flexibility index (Phi) is 5.45. The predicted molar refractivity (Wildman–Crippen MR) is 74.3 cm³/mol. The first-order chi connectivity index (χ1) is 8.74. The molecule has 108 valence electrons. The quantitative estimate of drug-likeness (QED) is 0.600. The molecule has 8 heteroatoms. The monoisotopic (exact) mass is 308 g/mol. The number of nitrogens with two attached hydrogens (primary N) is 1. The van der Waals surface area contributed by atoms with Crippen LogP contribution in [0.15, 0.2) is 17.0 Å². The summed E-state index contributed by atoms with van der Waals surface area (Å²) in [7, 11) is -4.75. The summed E-state index contributed by atoms with van der Waals surface area (Å²) < 4.78 is 50.4. The van der Waals surface area contributed by atoms with Crippen LogP contribution in [0.1, 0.15) is 12.0 Å². The average Bonchev–Trinajstić information content (AvgIpc) is 2.31. The van der Waals surface area contributed by atoms with Crippen LogP contribution >= 0.6 is 0 Å². The highest BCUT2D eigenvalue weighted by Crippen LogP contribution is 2.20. The van der Waals surface area contributed by atoms with Gasteiger partial charge in [-0.2, -0.15) is 0 Å². The lowest BCUT2D eigenvalue weighted by atomic mass is 10.2. The third-order valence-corrected chi connectivity index (χ3v) is 4.87. The Bertz CT molecular complexity index is 565. The second kappa shape index (κ2) is 6.44. The van der Waals surface area contributed by atoms with E-state index < -0.39 is 26.6 Å². The van der Waals surface area contributed by atoms with Crippen molar-refractivity contribution >= 4 is 26.5 Å². The van der Waals surface area contributed by atoms with E-state index in [4.69, 9.17) is 5.73 Å². The lowest BCUT2D eigenvalue weighted by Gasteiger charge is -2.09. The van der Waals surface area contributed by atoms with Crippen molar-refractivity contribution in [1.82, 2.24) is 4.72 Å². The van der Waals surface area contributed by atoms with Crippen LogP contribution in [0.2, 0.25) is 0 Å². The van der Waals surface area contributed by atoms with Gasteiger partial charge in [0.1, 0.15) is 5.82 Å². The number of sulfonamides is 1. The molecule has 0 aromatic heterocycles. The van der Waals surface area contributed by atoms with Crippen LogP contribution in [-0.4, -0.2) is 31.2 Å². The lowest BCUT2D eigenvalue weighted by molar-refractivity contribution is 0.576. The van der Waals surface area contributed by atoms with E-state index in [-0.39, 0.29) is 22.7 Å². The fraction of sp³-hybridized carbons (Fsp3) is 0.455. The number of hydrogen-bond acceptors (Lipinski definition) is 4. The van der Waals surface area contributed by atoms with E-state index in [1.165, 1.54) is 13.0 Å². The van der Waals surface area contributed by atoms with Crippen molar-refractivity contribution in [1.29, 1.82) is 0 Å². The zero-order valence-corrected chi connectivity index (χ0v) is 12.4. The Morgan fingerprint density at radius 2 is 2.05 bits per heavy atom. The first-order valence-electron chi connectivity index (χ1n) is 5.59. The summed E-state index contributed by atoms with van der Waals surface area (Å²) >= 11 is 0. The lowest BCUT2D eigenvalue weighted by Crippen LogP contribution is -2.26. The van der Waals surface area contributed by atoms with Crippen LogP contribution in [0.25, 0.3) is 0 Å². The van der Waals surface area contributed by atoms with Gasteiger partial charge in [-0.3, -0.25) is 4.21 Å². The van der Waals surface area contributed by atoms with Gasteiger partial charge in [0.2, 0.25) is 10.0 Å².